The van der Waals surface area contributed by atoms with Crippen molar-refractivity contribution in [3.63, 3.8) is 0 Å². The van der Waals surface area contributed by atoms with Crippen LogP contribution in [0.25, 0.3) is 11.5 Å². The highest BCUT2D eigenvalue weighted by molar-refractivity contribution is 9.09. The topological polar surface area (TPSA) is 38.9 Å². The molecule has 0 bridgehead atoms. The van der Waals surface area contributed by atoms with Crippen LogP contribution < -0.4 is 0 Å². The minimum atomic E-state index is -4.56. The zero-order valence-corrected chi connectivity index (χ0v) is 11.8. The Hall–Kier alpha value is -1.44. The van der Waals surface area contributed by atoms with Crippen LogP contribution in [-0.2, 0) is 6.18 Å². The van der Waals surface area contributed by atoms with Crippen molar-refractivity contribution in [2.24, 2.45) is 0 Å². The standard InChI is InChI=1S/C12H9BrF4N2O/c1-2-8(13)11-19-18-10(20-11)7-5-6(12(15,16)17)3-4-9(7)14/h3-5,8H,2H2,1H3. The van der Waals surface area contributed by atoms with Crippen molar-refractivity contribution in [2.45, 2.75) is 24.3 Å². The van der Waals surface area contributed by atoms with E-state index >= 15 is 0 Å². The van der Waals surface area contributed by atoms with Crippen molar-refractivity contribution < 1.29 is 22.0 Å². The van der Waals surface area contributed by atoms with Crippen molar-refractivity contribution in [3.05, 3.63) is 35.5 Å². The molecule has 2 aromatic rings. The van der Waals surface area contributed by atoms with E-state index in [1.807, 2.05) is 6.92 Å². The minimum absolute atomic E-state index is 0.194. The van der Waals surface area contributed by atoms with E-state index in [-0.39, 0.29) is 22.2 Å². The Kier molecular flexibility index (Phi) is 4.12. The van der Waals surface area contributed by atoms with E-state index in [0.717, 1.165) is 6.07 Å². The third-order valence-corrected chi connectivity index (χ3v) is 3.63. The third kappa shape index (κ3) is 3.00. The Bertz CT molecular complexity index is 612. The molecule has 1 aromatic heterocycles. The first-order valence-corrected chi connectivity index (χ1v) is 6.59. The Balaban J connectivity index is 2.44. The number of rotatable bonds is 3. The van der Waals surface area contributed by atoms with Crippen molar-refractivity contribution in [1.82, 2.24) is 10.2 Å². The van der Waals surface area contributed by atoms with Crippen molar-refractivity contribution in [1.29, 1.82) is 0 Å². The van der Waals surface area contributed by atoms with Crippen molar-refractivity contribution in [2.75, 3.05) is 0 Å². The van der Waals surface area contributed by atoms with E-state index < -0.39 is 17.6 Å². The van der Waals surface area contributed by atoms with Gasteiger partial charge in [0.15, 0.2) is 0 Å². The fraction of sp³-hybridized carbons (Fsp3) is 0.333. The van der Waals surface area contributed by atoms with E-state index in [0.29, 0.717) is 18.6 Å². The normalized spacial score (nSPS) is 13.5. The summed E-state index contributed by atoms with van der Waals surface area (Å²) in [6.45, 7) is 1.86. The van der Waals surface area contributed by atoms with Crippen LogP contribution in [-0.4, -0.2) is 10.2 Å². The zero-order valence-electron chi connectivity index (χ0n) is 10.2. The summed E-state index contributed by atoms with van der Waals surface area (Å²) in [4.78, 5) is -0.224. The highest BCUT2D eigenvalue weighted by Gasteiger charge is 2.32. The molecule has 0 radical (unpaired) electrons. The molecule has 2 rings (SSSR count). The number of hydrogen-bond donors (Lipinski definition) is 0. The third-order valence-electron chi connectivity index (χ3n) is 2.59. The molecule has 1 aromatic carbocycles. The van der Waals surface area contributed by atoms with Gasteiger partial charge in [-0.3, -0.25) is 0 Å². The molecule has 20 heavy (non-hydrogen) atoms. The van der Waals surface area contributed by atoms with Gasteiger partial charge < -0.3 is 4.42 Å². The summed E-state index contributed by atoms with van der Waals surface area (Å²) in [5, 5.41) is 7.27. The predicted octanol–water partition coefficient (Wildman–Crippen LogP) is 4.74. The molecule has 0 aliphatic heterocycles. The van der Waals surface area contributed by atoms with Crippen molar-refractivity contribution >= 4 is 15.9 Å². The van der Waals surface area contributed by atoms with Crippen LogP contribution in [0.3, 0.4) is 0 Å². The maximum absolute atomic E-state index is 13.6. The number of alkyl halides is 4. The SMILES string of the molecule is CCC(Br)c1nnc(-c2cc(C(F)(F)F)ccc2F)o1. The van der Waals surface area contributed by atoms with Gasteiger partial charge >= 0.3 is 6.18 Å². The van der Waals surface area contributed by atoms with Gasteiger partial charge in [0, 0.05) is 0 Å². The second-order valence-corrected chi connectivity index (χ2v) is 5.12. The summed E-state index contributed by atoms with van der Waals surface area (Å²) >= 11 is 3.27. The lowest BCUT2D eigenvalue weighted by molar-refractivity contribution is -0.137. The van der Waals surface area contributed by atoms with Gasteiger partial charge in [0.05, 0.1) is 16.0 Å². The molecule has 0 spiro atoms. The summed E-state index contributed by atoms with van der Waals surface area (Å²) in [7, 11) is 0. The number of halogens is 5. The lowest BCUT2D eigenvalue weighted by Gasteiger charge is -2.07. The Labute approximate surface area is 120 Å². The Morgan fingerprint density at radius 2 is 2.00 bits per heavy atom. The molecule has 0 aliphatic rings. The molecule has 0 saturated carbocycles. The first kappa shape index (κ1) is 15.0. The second-order valence-electron chi connectivity index (χ2n) is 4.01. The number of nitrogens with zero attached hydrogens (tertiary/aromatic N) is 2. The number of aromatic nitrogens is 2. The van der Waals surface area contributed by atoms with E-state index in [1.54, 1.807) is 0 Å². The molecule has 0 saturated heterocycles. The van der Waals surface area contributed by atoms with E-state index in [2.05, 4.69) is 26.1 Å². The van der Waals surface area contributed by atoms with Crippen LogP contribution >= 0.6 is 15.9 Å². The smallest absolute Gasteiger partial charge is 0.416 e. The van der Waals surface area contributed by atoms with E-state index in [9.17, 15) is 17.6 Å². The van der Waals surface area contributed by atoms with Crippen molar-refractivity contribution in [3.8, 4) is 11.5 Å². The highest BCUT2D eigenvalue weighted by atomic mass is 79.9. The molecule has 0 N–H and O–H groups in total. The van der Waals surface area contributed by atoms with Gasteiger partial charge in [0.1, 0.15) is 5.82 Å². The molecule has 3 nitrogen and oxygen atoms in total. The van der Waals surface area contributed by atoms with E-state index in [1.165, 1.54) is 0 Å². The second kappa shape index (κ2) is 5.51. The maximum atomic E-state index is 13.6. The molecule has 108 valence electrons. The summed E-state index contributed by atoms with van der Waals surface area (Å²) < 4.78 is 56.6. The molecule has 0 fully saturated rings. The number of benzene rings is 1. The van der Waals surface area contributed by atoms with Crippen LogP contribution in [0, 0.1) is 5.82 Å². The van der Waals surface area contributed by atoms with Crippen LogP contribution in [0.2, 0.25) is 0 Å². The fourth-order valence-corrected chi connectivity index (χ4v) is 1.70. The van der Waals surface area contributed by atoms with Gasteiger partial charge in [-0.05, 0) is 24.6 Å². The molecule has 1 unspecified atom stereocenters. The lowest BCUT2D eigenvalue weighted by atomic mass is 10.1. The van der Waals surface area contributed by atoms with Crippen LogP contribution in [0.15, 0.2) is 22.6 Å². The summed E-state index contributed by atoms with van der Waals surface area (Å²) in [6.07, 6.45) is -3.92. The molecule has 1 atom stereocenters. The number of hydrogen-bond acceptors (Lipinski definition) is 3. The summed E-state index contributed by atoms with van der Waals surface area (Å²) in [5.41, 5.74) is -1.34. The Morgan fingerprint density at radius 3 is 2.60 bits per heavy atom. The van der Waals surface area contributed by atoms with Gasteiger partial charge in [-0.15, -0.1) is 10.2 Å². The maximum Gasteiger partial charge on any atom is 0.416 e. The average molecular weight is 353 g/mol. The zero-order chi connectivity index (χ0) is 14.9. The van der Waals surface area contributed by atoms with Crippen LogP contribution in [0.1, 0.15) is 29.6 Å². The minimum Gasteiger partial charge on any atom is -0.419 e. The van der Waals surface area contributed by atoms with E-state index in [4.69, 9.17) is 4.42 Å². The molecular weight excluding hydrogens is 344 g/mol. The van der Waals surface area contributed by atoms with Crippen LogP contribution in [0.4, 0.5) is 17.6 Å². The van der Waals surface area contributed by atoms with Gasteiger partial charge in [-0.1, -0.05) is 22.9 Å². The summed E-state index contributed by atoms with van der Waals surface area (Å²) in [5.74, 6) is -0.934. The molecular formula is C12H9BrF4N2O. The summed E-state index contributed by atoms with van der Waals surface area (Å²) in [6, 6.07) is 2.05. The molecule has 8 heteroatoms. The van der Waals surface area contributed by atoms with Gasteiger partial charge in [0.25, 0.3) is 5.89 Å². The first-order valence-electron chi connectivity index (χ1n) is 5.67. The van der Waals surface area contributed by atoms with Crippen LogP contribution in [0.5, 0.6) is 0 Å². The van der Waals surface area contributed by atoms with Gasteiger partial charge in [-0.2, -0.15) is 13.2 Å². The molecule has 0 aliphatic carbocycles. The van der Waals surface area contributed by atoms with Gasteiger partial charge in [-0.25, -0.2) is 4.39 Å². The monoisotopic (exact) mass is 352 g/mol. The Morgan fingerprint density at radius 1 is 1.30 bits per heavy atom. The quantitative estimate of drug-likeness (QED) is 0.591. The largest absolute Gasteiger partial charge is 0.419 e. The average Bonchev–Trinajstić information content (AvgIpc) is 2.86. The molecule has 0 amide bonds. The van der Waals surface area contributed by atoms with Gasteiger partial charge in [0.2, 0.25) is 5.89 Å². The first-order chi connectivity index (χ1) is 9.32. The lowest BCUT2D eigenvalue weighted by Crippen LogP contribution is -2.05. The highest BCUT2D eigenvalue weighted by Crippen LogP contribution is 2.34. The predicted molar refractivity (Wildman–Crippen MR) is 66.7 cm³/mol. The fourth-order valence-electron chi connectivity index (χ4n) is 1.51. The molecule has 1 heterocycles.